The number of methoxy groups -OCH3 is 1. The summed E-state index contributed by atoms with van der Waals surface area (Å²) in [5.41, 5.74) is 6.73. The molecule has 1 aromatic carbocycles. The number of nitrogens with one attached hydrogen (secondary N) is 1. The fourth-order valence-electron chi connectivity index (χ4n) is 1.49. The highest BCUT2D eigenvalue weighted by molar-refractivity contribution is 6.39. The highest BCUT2D eigenvalue weighted by Gasteiger charge is 2.13. The minimum atomic E-state index is -0.0522. The second kappa shape index (κ2) is 6.91. The molecule has 0 aliphatic heterocycles. The standard InChI is InChI=1S/C11H16Cl2N2O2/c1-17-6-8(2-3-16)15-11-9(12)4-7(14)5-10(11)13/h4-5,8,15-16H,2-3,6,14H2,1H3. The van der Waals surface area contributed by atoms with E-state index in [2.05, 4.69) is 5.32 Å². The van der Waals surface area contributed by atoms with E-state index in [0.717, 1.165) is 0 Å². The molecule has 0 fully saturated rings. The topological polar surface area (TPSA) is 67.5 Å². The Labute approximate surface area is 111 Å². The van der Waals surface area contributed by atoms with Crippen LogP contribution < -0.4 is 11.1 Å². The van der Waals surface area contributed by atoms with E-state index in [9.17, 15) is 0 Å². The lowest BCUT2D eigenvalue weighted by Crippen LogP contribution is -2.26. The number of hydrogen-bond donors (Lipinski definition) is 3. The number of benzene rings is 1. The molecule has 1 rings (SSSR count). The molecule has 0 radical (unpaired) electrons. The molecule has 4 N–H and O–H groups in total. The van der Waals surface area contributed by atoms with Gasteiger partial charge < -0.3 is 20.9 Å². The second-order valence-electron chi connectivity index (χ2n) is 3.67. The molecule has 1 aromatic rings. The molecule has 4 nitrogen and oxygen atoms in total. The Bertz CT molecular complexity index is 345. The first-order valence-electron chi connectivity index (χ1n) is 5.19. The number of rotatable bonds is 6. The van der Waals surface area contributed by atoms with Crippen LogP contribution in [0.4, 0.5) is 11.4 Å². The van der Waals surface area contributed by atoms with Crippen LogP contribution in [0.2, 0.25) is 10.0 Å². The third-order valence-corrected chi connectivity index (χ3v) is 2.85. The Kier molecular flexibility index (Phi) is 5.85. The molecule has 0 heterocycles. The van der Waals surface area contributed by atoms with Gasteiger partial charge in [-0.3, -0.25) is 0 Å². The summed E-state index contributed by atoms with van der Waals surface area (Å²) in [7, 11) is 1.60. The number of hydrogen-bond acceptors (Lipinski definition) is 4. The molecule has 0 aromatic heterocycles. The van der Waals surface area contributed by atoms with Crippen molar-refractivity contribution in [1.29, 1.82) is 0 Å². The average Bonchev–Trinajstić information content (AvgIpc) is 2.23. The lowest BCUT2D eigenvalue weighted by molar-refractivity contribution is 0.170. The fourth-order valence-corrected chi connectivity index (χ4v) is 2.10. The van der Waals surface area contributed by atoms with Crippen LogP contribution in [-0.4, -0.2) is 31.5 Å². The predicted octanol–water partition coefficient (Wildman–Crippen LogP) is 2.38. The van der Waals surface area contributed by atoms with Gasteiger partial charge in [-0.25, -0.2) is 0 Å². The van der Waals surface area contributed by atoms with Crippen molar-refractivity contribution in [3.63, 3.8) is 0 Å². The normalized spacial score (nSPS) is 12.5. The zero-order chi connectivity index (χ0) is 12.8. The van der Waals surface area contributed by atoms with Crippen molar-refractivity contribution in [2.24, 2.45) is 0 Å². The van der Waals surface area contributed by atoms with Crippen molar-refractivity contribution in [2.75, 3.05) is 31.4 Å². The predicted molar refractivity (Wildman–Crippen MR) is 71.9 cm³/mol. The van der Waals surface area contributed by atoms with E-state index in [4.69, 9.17) is 38.8 Å². The molecule has 17 heavy (non-hydrogen) atoms. The summed E-state index contributed by atoms with van der Waals surface area (Å²) in [6.07, 6.45) is 0.547. The largest absolute Gasteiger partial charge is 0.399 e. The monoisotopic (exact) mass is 278 g/mol. The van der Waals surface area contributed by atoms with Crippen molar-refractivity contribution in [3.8, 4) is 0 Å². The summed E-state index contributed by atoms with van der Waals surface area (Å²) < 4.78 is 5.05. The number of aliphatic hydroxyl groups is 1. The van der Waals surface area contributed by atoms with Crippen molar-refractivity contribution in [3.05, 3.63) is 22.2 Å². The number of halogens is 2. The summed E-state index contributed by atoms with van der Waals surface area (Å²) >= 11 is 12.1. The van der Waals surface area contributed by atoms with Gasteiger partial charge in [-0.15, -0.1) is 0 Å². The van der Waals surface area contributed by atoms with Crippen LogP contribution in [0.3, 0.4) is 0 Å². The van der Waals surface area contributed by atoms with Crippen LogP contribution in [0.5, 0.6) is 0 Å². The van der Waals surface area contributed by atoms with Gasteiger partial charge in [-0.05, 0) is 18.6 Å². The fraction of sp³-hybridized carbons (Fsp3) is 0.455. The molecule has 0 aliphatic carbocycles. The summed E-state index contributed by atoms with van der Waals surface area (Å²) in [6.45, 7) is 0.517. The molecule has 0 amide bonds. The van der Waals surface area contributed by atoms with E-state index in [1.54, 1.807) is 19.2 Å². The molecule has 1 atom stereocenters. The number of nitrogen functional groups attached to an aromatic ring is 1. The summed E-state index contributed by atoms with van der Waals surface area (Å²) in [6, 6.07) is 3.19. The maximum Gasteiger partial charge on any atom is 0.0723 e. The van der Waals surface area contributed by atoms with Crippen LogP contribution in [0, 0.1) is 0 Å². The molecule has 0 aliphatic rings. The van der Waals surface area contributed by atoms with Gasteiger partial charge in [0.15, 0.2) is 0 Å². The van der Waals surface area contributed by atoms with E-state index in [1.165, 1.54) is 0 Å². The van der Waals surface area contributed by atoms with Gasteiger partial charge in [0.1, 0.15) is 0 Å². The molecule has 0 bridgehead atoms. The first kappa shape index (κ1) is 14.4. The van der Waals surface area contributed by atoms with Gasteiger partial charge >= 0.3 is 0 Å². The Balaban J connectivity index is 2.84. The van der Waals surface area contributed by atoms with Crippen LogP contribution in [-0.2, 0) is 4.74 Å². The van der Waals surface area contributed by atoms with Crippen molar-refractivity contribution in [1.82, 2.24) is 0 Å². The van der Waals surface area contributed by atoms with E-state index in [1.807, 2.05) is 0 Å². The molecule has 6 heteroatoms. The molecule has 96 valence electrons. The number of ether oxygens (including phenoxy) is 1. The van der Waals surface area contributed by atoms with Crippen LogP contribution >= 0.6 is 23.2 Å². The van der Waals surface area contributed by atoms with Crippen LogP contribution in [0.25, 0.3) is 0 Å². The van der Waals surface area contributed by atoms with Crippen molar-refractivity contribution < 1.29 is 9.84 Å². The van der Waals surface area contributed by atoms with E-state index < -0.39 is 0 Å². The Hall–Kier alpha value is -0.680. The number of aliphatic hydroxyl groups excluding tert-OH is 1. The quantitative estimate of drug-likeness (QED) is 0.699. The third kappa shape index (κ3) is 4.24. The van der Waals surface area contributed by atoms with Crippen molar-refractivity contribution >= 4 is 34.6 Å². The first-order valence-corrected chi connectivity index (χ1v) is 5.95. The van der Waals surface area contributed by atoms with Gasteiger partial charge in [-0.1, -0.05) is 23.2 Å². The lowest BCUT2D eigenvalue weighted by Gasteiger charge is -2.20. The summed E-state index contributed by atoms with van der Waals surface area (Å²) in [5.74, 6) is 0. The minimum absolute atomic E-state index is 0.0522. The van der Waals surface area contributed by atoms with Gasteiger partial charge in [0, 0.05) is 19.4 Å². The molecule has 1 unspecified atom stereocenters. The van der Waals surface area contributed by atoms with Gasteiger partial charge in [0.2, 0.25) is 0 Å². The van der Waals surface area contributed by atoms with Gasteiger partial charge in [0.05, 0.1) is 28.4 Å². The van der Waals surface area contributed by atoms with Gasteiger partial charge in [0.25, 0.3) is 0 Å². The summed E-state index contributed by atoms with van der Waals surface area (Å²) in [4.78, 5) is 0. The van der Waals surface area contributed by atoms with Crippen LogP contribution in [0.1, 0.15) is 6.42 Å². The third-order valence-electron chi connectivity index (χ3n) is 2.26. The number of anilines is 2. The van der Waals surface area contributed by atoms with E-state index in [0.29, 0.717) is 34.4 Å². The van der Waals surface area contributed by atoms with Crippen LogP contribution in [0.15, 0.2) is 12.1 Å². The minimum Gasteiger partial charge on any atom is -0.399 e. The Morgan fingerprint density at radius 2 is 2.00 bits per heavy atom. The zero-order valence-electron chi connectivity index (χ0n) is 9.54. The molecular weight excluding hydrogens is 263 g/mol. The highest BCUT2D eigenvalue weighted by atomic mass is 35.5. The number of nitrogens with two attached hydrogens (primary N) is 1. The van der Waals surface area contributed by atoms with E-state index >= 15 is 0 Å². The lowest BCUT2D eigenvalue weighted by atomic mass is 10.2. The zero-order valence-corrected chi connectivity index (χ0v) is 11.1. The smallest absolute Gasteiger partial charge is 0.0723 e. The highest BCUT2D eigenvalue weighted by Crippen LogP contribution is 2.33. The van der Waals surface area contributed by atoms with Gasteiger partial charge in [-0.2, -0.15) is 0 Å². The average molecular weight is 279 g/mol. The maximum atomic E-state index is 8.94. The first-order chi connectivity index (χ1) is 8.08. The Morgan fingerprint density at radius 3 is 2.47 bits per heavy atom. The summed E-state index contributed by atoms with van der Waals surface area (Å²) in [5, 5.41) is 13.0. The molecular formula is C11H16Cl2N2O2. The maximum absolute atomic E-state index is 8.94. The molecule has 0 spiro atoms. The second-order valence-corrected chi connectivity index (χ2v) is 4.48. The Morgan fingerprint density at radius 1 is 1.41 bits per heavy atom. The van der Waals surface area contributed by atoms with E-state index in [-0.39, 0.29) is 12.6 Å². The SMILES string of the molecule is COCC(CCO)Nc1c(Cl)cc(N)cc1Cl. The molecule has 0 saturated carbocycles. The van der Waals surface area contributed by atoms with Crippen molar-refractivity contribution in [2.45, 2.75) is 12.5 Å². The molecule has 0 saturated heterocycles.